The Labute approximate surface area is 502 Å². The summed E-state index contributed by atoms with van der Waals surface area (Å²) in [4.78, 5) is 38.5. The Morgan fingerprint density at radius 1 is 0.259 bits per heavy atom. The number of allylic oxidation sites excluding steroid dienone is 16. The molecule has 466 valence electrons. The van der Waals surface area contributed by atoms with Crippen molar-refractivity contribution in [3.63, 3.8) is 0 Å². The van der Waals surface area contributed by atoms with Crippen LogP contribution in [0.25, 0.3) is 0 Å². The van der Waals surface area contributed by atoms with Crippen LogP contribution in [-0.4, -0.2) is 37.2 Å². The second kappa shape index (κ2) is 68.8. The Balaban J connectivity index is 4.39. The fraction of sp³-hybridized carbons (Fsp3) is 0.747. The lowest BCUT2D eigenvalue weighted by atomic mass is 10.0. The molecular formula is C75H130O6. The predicted octanol–water partition coefficient (Wildman–Crippen LogP) is 24.0. The molecule has 6 nitrogen and oxygen atoms in total. The van der Waals surface area contributed by atoms with Gasteiger partial charge in [0.15, 0.2) is 6.10 Å². The molecule has 81 heavy (non-hydrogen) atoms. The first kappa shape index (κ1) is 77.3. The maximum Gasteiger partial charge on any atom is 0.306 e. The maximum atomic E-state index is 13.0. The summed E-state index contributed by atoms with van der Waals surface area (Å²) in [5, 5.41) is 0. The molecule has 0 bridgehead atoms. The van der Waals surface area contributed by atoms with Gasteiger partial charge in [0, 0.05) is 19.3 Å². The molecule has 0 aromatic heterocycles. The molecule has 0 fully saturated rings. The summed E-state index contributed by atoms with van der Waals surface area (Å²) in [5.74, 6) is -0.884. The molecule has 0 aliphatic carbocycles. The molecule has 6 heteroatoms. The first-order valence-corrected chi connectivity index (χ1v) is 34.7. The van der Waals surface area contributed by atoms with E-state index in [9.17, 15) is 14.4 Å². The van der Waals surface area contributed by atoms with Crippen LogP contribution in [0.1, 0.15) is 342 Å². The molecule has 0 aliphatic heterocycles. The van der Waals surface area contributed by atoms with Crippen molar-refractivity contribution in [2.24, 2.45) is 0 Å². The van der Waals surface area contributed by atoms with Crippen molar-refractivity contribution < 1.29 is 28.6 Å². The molecule has 0 amide bonds. The van der Waals surface area contributed by atoms with Crippen molar-refractivity contribution >= 4 is 17.9 Å². The van der Waals surface area contributed by atoms with Gasteiger partial charge in [-0.05, 0) is 103 Å². The maximum absolute atomic E-state index is 13.0. The Bertz CT molecular complexity index is 1580. The Morgan fingerprint density at radius 2 is 0.481 bits per heavy atom. The van der Waals surface area contributed by atoms with E-state index in [0.717, 1.165) is 122 Å². The number of ether oxygens (including phenoxy) is 3. The molecule has 0 spiro atoms. The molecule has 0 saturated heterocycles. The van der Waals surface area contributed by atoms with Crippen LogP contribution in [-0.2, 0) is 28.6 Å². The quantitative estimate of drug-likeness (QED) is 0.0261. The summed E-state index contributed by atoms with van der Waals surface area (Å²) in [6.07, 6.45) is 92.7. The summed E-state index contributed by atoms with van der Waals surface area (Å²) in [6, 6.07) is 0. The van der Waals surface area contributed by atoms with Gasteiger partial charge in [-0.15, -0.1) is 0 Å². The van der Waals surface area contributed by atoms with Crippen LogP contribution >= 0.6 is 0 Å². The molecule has 0 aromatic rings. The van der Waals surface area contributed by atoms with Crippen molar-refractivity contribution in [2.45, 2.75) is 348 Å². The second-order valence-corrected chi connectivity index (χ2v) is 23.1. The van der Waals surface area contributed by atoms with Crippen LogP contribution in [0.4, 0.5) is 0 Å². The number of esters is 3. The number of hydrogen-bond donors (Lipinski definition) is 0. The molecule has 0 saturated carbocycles. The largest absolute Gasteiger partial charge is 0.462 e. The van der Waals surface area contributed by atoms with Gasteiger partial charge in [0.05, 0.1) is 0 Å². The molecule has 0 heterocycles. The summed E-state index contributed by atoms with van der Waals surface area (Å²) in [7, 11) is 0. The smallest absolute Gasteiger partial charge is 0.306 e. The van der Waals surface area contributed by atoms with Gasteiger partial charge in [0.2, 0.25) is 0 Å². The van der Waals surface area contributed by atoms with Crippen LogP contribution in [0.5, 0.6) is 0 Å². The predicted molar refractivity (Wildman–Crippen MR) is 353 cm³/mol. The van der Waals surface area contributed by atoms with E-state index in [4.69, 9.17) is 14.2 Å². The van der Waals surface area contributed by atoms with E-state index in [2.05, 4.69) is 118 Å². The standard InChI is InChI=1S/C75H130O6/c1-4-7-10-13-16-19-22-25-28-31-33-35-36-37-38-40-41-44-47-50-53-56-59-62-65-68-74(77)80-71-72(70-79-73(76)67-64-61-58-55-52-49-46-43-30-27-24-21-18-15-12-9-6-3)81-75(78)69-66-63-60-57-54-51-48-45-42-39-34-32-29-26-23-20-17-14-11-8-5-2/h7,10,16,19,23,25-26,28,32-35,37-38,42,45,72H,4-6,8-9,11-15,17-18,20-22,24,27,29-31,36,39-41,43-44,46-71H2,1-3H3/b10-7-,19-16-,26-23-,28-25-,34-32-,35-33-,38-37-,45-42-. The van der Waals surface area contributed by atoms with Crippen LogP contribution in [0.3, 0.4) is 0 Å². The molecule has 0 aliphatic rings. The highest BCUT2D eigenvalue weighted by Crippen LogP contribution is 2.17. The highest BCUT2D eigenvalue weighted by atomic mass is 16.6. The summed E-state index contributed by atoms with van der Waals surface area (Å²) >= 11 is 0. The lowest BCUT2D eigenvalue weighted by Gasteiger charge is -2.18. The minimum absolute atomic E-state index is 0.0818. The van der Waals surface area contributed by atoms with Gasteiger partial charge in [-0.2, -0.15) is 0 Å². The van der Waals surface area contributed by atoms with Gasteiger partial charge in [0.1, 0.15) is 13.2 Å². The zero-order valence-corrected chi connectivity index (χ0v) is 53.5. The van der Waals surface area contributed by atoms with Gasteiger partial charge in [-0.3, -0.25) is 14.4 Å². The highest BCUT2D eigenvalue weighted by molar-refractivity contribution is 5.71. The van der Waals surface area contributed by atoms with E-state index in [0.29, 0.717) is 19.3 Å². The third-order valence-electron chi connectivity index (χ3n) is 15.1. The summed E-state index contributed by atoms with van der Waals surface area (Å²) < 4.78 is 17.0. The molecule has 1 unspecified atom stereocenters. The zero-order valence-electron chi connectivity index (χ0n) is 53.5. The first-order valence-electron chi connectivity index (χ1n) is 34.7. The van der Waals surface area contributed by atoms with Crippen molar-refractivity contribution in [3.05, 3.63) is 97.2 Å². The van der Waals surface area contributed by atoms with Gasteiger partial charge in [0.25, 0.3) is 0 Å². The van der Waals surface area contributed by atoms with E-state index < -0.39 is 6.10 Å². The monoisotopic (exact) mass is 1130 g/mol. The highest BCUT2D eigenvalue weighted by Gasteiger charge is 2.19. The van der Waals surface area contributed by atoms with Crippen LogP contribution in [0, 0.1) is 0 Å². The number of unbranched alkanes of at least 4 members (excludes halogenated alkanes) is 36. The normalized spacial score (nSPS) is 12.7. The van der Waals surface area contributed by atoms with Crippen molar-refractivity contribution in [1.82, 2.24) is 0 Å². The van der Waals surface area contributed by atoms with Crippen molar-refractivity contribution in [2.75, 3.05) is 13.2 Å². The third-order valence-corrected chi connectivity index (χ3v) is 15.1. The van der Waals surface area contributed by atoms with E-state index in [1.165, 1.54) is 180 Å². The molecule has 0 rings (SSSR count). The third kappa shape index (κ3) is 67.0. The van der Waals surface area contributed by atoms with E-state index in [-0.39, 0.29) is 31.1 Å². The molecule has 1 atom stereocenters. The number of hydrogen-bond acceptors (Lipinski definition) is 6. The first-order chi connectivity index (χ1) is 40.0. The van der Waals surface area contributed by atoms with Gasteiger partial charge in [-0.25, -0.2) is 0 Å². The SMILES string of the molecule is CC/C=C\C/C=C\C/C=C\C/C=C\C/C=C\CCCCCCCCCCCC(=O)OCC(COC(=O)CCCCCCCCCCCCCCCCCCC)OC(=O)CCCCCCCC/C=C\C/C=C\C/C=C\CCCCCCC. The summed E-state index contributed by atoms with van der Waals surface area (Å²) in [5.41, 5.74) is 0. The number of rotatable bonds is 63. The fourth-order valence-electron chi connectivity index (χ4n) is 9.89. The molecule has 0 radical (unpaired) electrons. The zero-order chi connectivity index (χ0) is 58.5. The lowest BCUT2D eigenvalue weighted by Crippen LogP contribution is -2.30. The van der Waals surface area contributed by atoms with E-state index >= 15 is 0 Å². The van der Waals surface area contributed by atoms with Gasteiger partial charge in [-0.1, -0.05) is 317 Å². The lowest BCUT2D eigenvalue weighted by molar-refractivity contribution is -0.167. The topological polar surface area (TPSA) is 78.9 Å². The minimum atomic E-state index is -0.789. The van der Waals surface area contributed by atoms with Crippen LogP contribution in [0.2, 0.25) is 0 Å². The average molecular weight is 1130 g/mol. The second-order valence-electron chi connectivity index (χ2n) is 23.1. The number of carbonyl (C=O) groups excluding carboxylic acids is 3. The summed E-state index contributed by atoms with van der Waals surface area (Å²) in [6.45, 7) is 6.55. The molecule has 0 aromatic carbocycles. The van der Waals surface area contributed by atoms with Crippen molar-refractivity contribution in [1.29, 1.82) is 0 Å². The Hall–Kier alpha value is -3.67. The fourth-order valence-corrected chi connectivity index (χ4v) is 9.89. The molecular weight excluding hydrogens is 997 g/mol. The van der Waals surface area contributed by atoms with Gasteiger partial charge >= 0.3 is 17.9 Å². The van der Waals surface area contributed by atoms with Crippen LogP contribution in [0.15, 0.2) is 97.2 Å². The van der Waals surface area contributed by atoms with Crippen molar-refractivity contribution in [3.8, 4) is 0 Å². The Kier molecular flexibility index (Phi) is 65.7. The molecule has 0 N–H and O–H groups in total. The Morgan fingerprint density at radius 3 is 0.753 bits per heavy atom. The van der Waals surface area contributed by atoms with Gasteiger partial charge < -0.3 is 14.2 Å². The van der Waals surface area contributed by atoms with E-state index in [1.807, 2.05) is 0 Å². The van der Waals surface area contributed by atoms with Crippen LogP contribution < -0.4 is 0 Å². The van der Waals surface area contributed by atoms with E-state index in [1.54, 1.807) is 0 Å². The average Bonchev–Trinajstić information content (AvgIpc) is 3.47. The number of carbonyl (C=O) groups is 3. The minimum Gasteiger partial charge on any atom is -0.462 e.